The molecule has 0 aliphatic carbocycles. The first-order valence-corrected chi connectivity index (χ1v) is 8.46. The molecule has 0 aromatic carbocycles. The summed E-state index contributed by atoms with van der Waals surface area (Å²) in [5.74, 6) is 0.902. The molecule has 0 saturated carbocycles. The Kier molecular flexibility index (Phi) is 5.48. The number of likely N-dealkylation sites (tertiary alicyclic amines) is 1. The second-order valence-electron chi connectivity index (χ2n) is 6.13. The highest BCUT2D eigenvalue weighted by Crippen LogP contribution is 2.24. The zero-order valence-electron chi connectivity index (χ0n) is 13.9. The van der Waals surface area contributed by atoms with Gasteiger partial charge in [0.2, 0.25) is 0 Å². The van der Waals surface area contributed by atoms with E-state index in [9.17, 15) is 4.79 Å². The second-order valence-corrected chi connectivity index (χ2v) is 6.13. The van der Waals surface area contributed by atoms with Crippen LogP contribution in [0.25, 0.3) is 0 Å². The summed E-state index contributed by atoms with van der Waals surface area (Å²) in [5, 5.41) is 5.94. The Hall–Kier alpha value is -2.34. The Morgan fingerprint density at radius 3 is 2.71 bits per heavy atom. The molecule has 2 amide bonds. The number of carbonyl (C=O) groups is 1. The highest BCUT2D eigenvalue weighted by molar-refractivity contribution is 5.74. The lowest BCUT2D eigenvalue weighted by Gasteiger charge is -2.26. The van der Waals surface area contributed by atoms with Crippen molar-refractivity contribution in [3.8, 4) is 0 Å². The summed E-state index contributed by atoms with van der Waals surface area (Å²) in [4.78, 5) is 18.6. The topological polar surface area (TPSA) is 70.4 Å². The molecule has 2 aromatic rings. The van der Waals surface area contributed by atoms with E-state index in [-0.39, 0.29) is 18.1 Å². The van der Waals surface area contributed by atoms with Gasteiger partial charge in [0, 0.05) is 18.9 Å². The summed E-state index contributed by atoms with van der Waals surface area (Å²) in [5.41, 5.74) is 1.03. The second kappa shape index (κ2) is 7.97. The Bertz CT molecular complexity index is 624. The van der Waals surface area contributed by atoms with Gasteiger partial charge in [0.05, 0.1) is 18.3 Å². The number of carbonyl (C=O) groups excluding carboxylic acids is 1. The van der Waals surface area contributed by atoms with E-state index in [0.29, 0.717) is 6.54 Å². The average molecular weight is 328 g/mol. The Balaban J connectivity index is 1.55. The number of pyridine rings is 1. The SMILES string of the molecule is C[C@@H](NC(=O)NC[C@@H](c1ccco1)N1CCCC1)c1ccncc1. The number of rotatable bonds is 6. The average Bonchev–Trinajstić information content (AvgIpc) is 3.30. The fourth-order valence-electron chi connectivity index (χ4n) is 3.12. The van der Waals surface area contributed by atoms with E-state index in [0.717, 1.165) is 24.4 Å². The zero-order chi connectivity index (χ0) is 16.8. The predicted octanol–water partition coefficient (Wildman–Crippen LogP) is 2.87. The molecule has 24 heavy (non-hydrogen) atoms. The third kappa shape index (κ3) is 4.14. The lowest BCUT2D eigenvalue weighted by Crippen LogP contribution is -2.42. The van der Waals surface area contributed by atoms with E-state index in [1.54, 1.807) is 18.7 Å². The minimum atomic E-state index is -0.171. The number of furan rings is 1. The monoisotopic (exact) mass is 328 g/mol. The minimum absolute atomic E-state index is 0.0677. The molecule has 2 N–H and O–H groups in total. The zero-order valence-corrected chi connectivity index (χ0v) is 13.9. The molecule has 1 fully saturated rings. The van der Waals surface area contributed by atoms with Crippen LogP contribution in [-0.2, 0) is 0 Å². The van der Waals surface area contributed by atoms with E-state index in [2.05, 4.69) is 20.5 Å². The first-order valence-electron chi connectivity index (χ1n) is 8.46. The van der Waals surface area contributed by atoms with Gasteiger partial charge in [0.15, 0.2) is 0 Å². The maximum absolute atomic E-state index is 12.2. The van der Waals surface area contributed by atoms with Gasteiger partial charge in [-0.3, -0.25) is 9.88 Å². The molecule has 1 aliphatic heterocycles. The number of aromatic nitrogens is 1. The molecule has 3 heterocycles. The number of nitrogens with one attached hydrogen (secondary N) is 2. The van der Waals surface area contributed by atoms with Gasteiger partial charge in [-0.1, -0.05) is 0 Å². The summed E-state index contributed by atoms with van der Waals surface area (Å²) < 4.78 is 5.57. The largest absolute Gasteiger partial charge is 0.468 e. The van der Waals surface area contributed by atoms with Gasteiger partial charge in [-0.15, -0.1) is 0 Å². The van der Waals surface area contributed by atoms with E-state index < -0.39 is 0 Å². The molecule has 0 spiro atoms. The number of amides is 2. The van der Waals surface area contributed by atoms with Gasteiger partial charge in [0.25, 0.3) is 0 Å². The van der Waals surface area contributed by atoms with Crippen LogP contribution >= 0.6 is 0 Å². The van der Waals surface area contributed by atoms with Crippen molar-refractivity contribution in [2.24, 2.45) is 0 Å². The molecule has 3 rings (SSSR count). The van der Waals surface area contributed by atoms with Crippen LogP contribution in [0.4, 0.5) is 4.79 Å². The normalized spacial score (nSPS) is 17.4. The van der Waals surface area contributed by atoms with Gasteiger partial charge in [-0.2, -0.15) is 0 Å². The van der Waals surface area contributed by atoms with Gasteiger partial charge in [-0.25, -0.2) is 4.79 Å². The van der Waals surface area contributed by atoms with Gasteiger partial charge < -0.3 is 15.1 Å². The quantitative estimate of drug-likeness (QED) is 0.855. The fourth-order valence-corrected chi connectivity index (χ4v) is 3.12. The Labute approximate surface area is 142 Å². The lowest BCUT2D eigenvalue weighted by atomic mass is 10.1. The Morgan fingerprint density at radius 1 is 1.29 bits per heavy atom. The van der Waals surface area contributed by atoms with Crippen LogP contribution in [0.2, 0.25) is 0 Å². The first kappa shape index (κ1) is 16.5. The highest BCUT2D eigenvalue weighted by atomic mass is 16.3. The third-order valence-corrected chi connectivity index (χ3v) is 4.46. The van der Waals surface area contributed by atoms with Gasteiger partial charge in [-0.05, 0) is 62.7 Å². The van der Waals surface area contributed by atoms with E-state index >= 15 is 0 Å². The smallest absolute Gasteiger partial charge is 0.315 e. The highest BCUT2D eigenvalue weighted by Gasteiger charge is 2.26. The van der Waals surface area contributed by atoms with Gasteiger partial charge in [0.1, 0.15) is 5.76 Å². The van der Waals surface area contributed by atoms with Crippen LogP contribution in [0.5, 0.6) is 0 Å². The number of hydrogen-bond donors (Lipinski definition) is 2. The molecule has 128 valence electrons. The van der Waals surface area contributed by atoms with E-state index in [1.807, 2.05) is 31.2 Å². The van der Waals surface area contributed by atoms with Crippen LogP contribution < -0.4 is 10.6 Å². The summed E-state index contributed by atoms with van der Waals surface area (Å²) in [6.45, 7) is 4.58. The fraction of sp³-hybridized carbons (Fsp3) is 0.444. The van der Waals surface area contributed by atoms with Crippen molar-refractivity contribution in [1.82, 2.24) is 20.5 Å². The predicted molar refractivity (Wildman–Crippen MR) is 91.4 cm³/mol. The molecular weight excluding hydrogens is 304 g/mol. The maximum Gasteiger partial charge on any atom is 0.315 e. The van der Waals surface area contributed by atoms with Crippen molar-refractivity contribution in [3.05, 3.63) is 54.2 Å². The molecule has 2 aromatic heterocycles. The Morgan fingerprint density at radius 2 is 2.04 bits per heavy atom. The third-order valence-electron chi connectivity index (χ3n) is 4.46. The summed E-state index contributed by atoms with van der Waals surface area (Å²) >= 11 is 0. The van der Waals surface area contributed by atoms with Crippen molar-refractivity contribution in [2.75, 3.05) is 19.6 Å². The van der Waals surface area contributed by atoms with E-state index in [4.69, 9.17) is 4.42 Å². The van der Waals surface area contributed by atoms with E-state index in [1.165, 1.54) is 12.8 Å². The van der Waals surface area contributed by atoms with Crippen molar-refractivity contribution in [3.63, 3.8) is 0 Å². The van der Waals surface area contributed by atoms with Crippen molar-refractivity contribution in [2.45, 2.75) is 31.8 Å². The van der Waals surface area contributed by atoms with Crippen molar-refractivity contribution >= 4 is 6.03 Å². The maximum atomic E-state index is 12.2. The van der Waals surface area contributed by atoms with Crippen LogP contribution in [0.3, 0.4) is 0 Å². The summed E-state index contributed by atoms with van der Waals surface area (Å²) in [7, 11) is 0. The van der Waals surface area contributed by atoms with Crippen molar-refractivity contribution in [1.29, 1.82) is 0 Å². The molecule has 2 atom stereocenters. The molecule has 6 heteroatoms. The van der Waals surface area contributed by atoms with Crippen LogP contribution in [0, 0.1) is 0 Å². The number of urea groups is 1. The van der Waals surface area contributed by atoms with Crippen LogP contribution in [-0.4, -0.2) is 35.5 Å². The summed E-state index contributed by atoms with van der Waals surface area (Å²) in [6, 6.07) is 7.52. The number of hydrogen-bond acceptors (Lipinski definition) is 4. The lowest BCUT2D eigenvalue weighted by molar-refractivity contribution is 0.202. The molecule has 1 aliphatic rings. The molecule has 1 saturated heterocycles. The van der Waals surface area contributed by atoms with Crippen molar-refractivity contribution < 1.29 is 9.21 Å². The van der Waals surface area contributed by atoms with Crippen LogP contribution in [0.15, 0.2) is 47.3 Å². The molecule has 0 radical (unpaired) electrons. The molecular formula is C18H24N4O2. The minimum Gasteiger partial charge on any atom is -0.468 e. The molecule has 0 bridgehead atoms. The van der Waals surface area contributed by atoms with Gasteiger partial charge >= 0.3 is 6.03 Å². The molecule has 6 nitrogen and oxygen atoms in total. The summed E-state index contributed by atoms with van der Waals surface area (Å²) in [6.07, 6.45) is 7.53. The standard InChI is InChI=1S/C18H24N4O2/c1-14(15-6-8-19-9-7-15)21-18(23)20-13-16(17-5-4-12-24-17)22-10-2-3-11-22/h4-9,12,14,16H,2-3,10-11,13H2,1H3,(H2,20,21,23)/t14-,16+/m1/s1. The first-order chi connectivity index (χ1) is 11.7. The van der Waals surface area contributed by atoms with Crippen LogP contribution in [0.1, 0.15) is 43.2 Å². The molecule has 0 unspecified atom stereocenters. The number of nitrogens with zero attached hydrogens (tertiary/aromatic N) is 2.